The Bertz CT molecular complexity index is 607. The van der Waals surface area contributed by atoms with Crippen molar-refractivity contribution in [2.24, 2.45) is 0 Å². The highest BCUT2D eigenvalue weighted by molar-refractivity contribution is 5.38. The number of aryl methyl sites for hydroxylation is 2. The molecule has 1 heterocycles. The van der Waals surface area contributed by atoms with Crippen molar-refractivity contribution < 1.29 is 9.84 Å². The number of benzene rings is 1. The molecule has 1 atom stereocenters. The quantitative estimate of drug-likeness (QED) is 0.918. The van der Waals surface area contributed by atoms with Crippen LogP contribution < -0.4 is 4.74 Å². The first kappa shape index (κ1) is 14.1. The summed E-state index contributed by atoms with van der Waals surface area (Å²) in [5.41, 5.74) is 3.35. The van der Waals surface area contributed by atoms with Crippen molar-refractivity contribution in [3.05, 3.63) is 47.5 Å². The minimum absolute atomic E-state index is 0.345. The van der Waals surface area contributed by atoms with E-state index in [2.05, 4.69) is 22.5 Å². The molecule has 0 unspecified atom stereocenters. The second-order valence-corrected chi connectivity index (χ2v) is 5.64. The van der Waals surface area contributed by atoms with Gasteiger partial charge in [0.25, 0.3) is 0 Å². The van der Waals surface area contributed by atoms with Gasteiger partial charge in [0.15, 0.2) is 0 Å². The van der Waals surface area contributed by atoms with Gasteiger partial charge in [0.2, 0.25) is 0 Å². The lowest BCUT2D eigenvalue weighted by Gasteiger charge is -2.22. The Kier molecular flexibility index (Phi) is 4.25. The number of hydrogen-bond donors (Lipinski definition) is 1. The summed E-state index contributed by atoms with van der Waals surface area (Å²) in [6, 6.07) is 6.06. The molecule has 0 aliphatic heterocycles. The van der Waals surface area contributed by atoms with E-state index in [1.807, 2.05) is 24.7 Å². The predicted octanol–water partition coefficient (Wildman–Crippen LogP) is 3.24. The van der Waals surface area contributed by atoms with Crippen LogP contribution in [-0.4, -0.2) is 14.7 Å². The molecule has 4 nitrogen and oxygen atoms in total. The molecule has 4 heteroatoms. The van der Waals surface area contributed by atoms with Gasteiger partial charge in [-0.15, -0.1) is 0 Å². The van der Waals surface area contributed by atoms with Gasteiger partial charge in [-0.3, -0.25) is 0 Å². The summed E-state index contributed by atoms with van der Waals surface area (Å²) in [6.07, 6.45) is 7.39. The van der Waals surface area contributed by atoms with Crippen molar-refractivity contribution in [2.75, 3.05) is 0 Å². The molecule has 1 N–H and O–H groups in total. The van der Waals surface area contributed by atoms with Gasteiger partial charge in [0, 0.05) is 6.54 Å². The zero-order valence-electron chi connectivity index (χ0n) is 12.5. The van der Waals surface area contributed by atoms with Crippen LogP contribution >= 0.6 is 0 Å². The zero-order chi connectivity index (χ0) is 14.7. The monoisotopic (exact) mass is 286 g/mol. The summed E-state index contributed by atoms with van der Waals surface area (Å²) in [6.45, 7) is 3.62. The number of aromatic nitrogens is 2. The Balaban J connectivity index is 1.71. The maximum atomic E-state index is 10.1. The lowest BCUT2D eigenvalue weighted by molar-refractivity contribution is 0.156. The molecule has 1 aliphatic rings. The second kappa shape index (κ2) is 6.31. The largest absolute Gasteiger partial charge is 0.487 e. The van der Waals surface area contributed by atoms with Gasteiger partial charge in [-0.25, -0.2) is 4.98 Å². The summed E-state index contributed by atoms with van der Waals surface area (Å²) in [5, 5.41) is 10.1. The molecule has 3 rings (SSSR count). The fraction of sp³-hybridized carbons (Fsp3) is 0.471. The van der Waals surface area contributed by atoms with E-state index in [0.29, 0.717) is 6.61 Å². The van der Waals surface area contributed by atoms with Crippen LogP contribution in [0.4, 0.5) is 0 Å². The lowest BCUT2D eigenvalue weighted by Crippen LogP contribution is -2.10. The number of hydrogen-bond acceptors (Lipinski definition) is 3. The fourth-order valence-corrected chi connectivity index (χ4v) is 2.91. The van der Waals surface area contributed by atoms with E-state index in [1.54, 1.807) is 0 Å². The van der Waals surface area contributed by atoms with E-state index in [9.17, 15) is 5.11 Å². The van der Waals surface area contributed by atoms with Crippen LogP contribution in [0, 0.1) is 0 Å². The first-order valence-corrected chi connectivity index (χ1v) is 7.70. The maximum absolute atomic E-state index is 10.1. The molecular weight excluding hydrogens is 264 g/mol. The highest BCUT2D eigenvalue weighted by Crippen LogP contribution is 2.32. The average molecular weight is 286 g/mol. The highest BCUT2D eigenvalue weighted by atomic mass is 16.5. The molecule has 21 heavy (non-hydrogen) atoms. The van der Waals surface area contributed by atoms with Crippen LogP contribution in [0.1, 0.15) is 49.1 Å². The lowest BCUT2D eigenvalue weighted by atomic mass is 9.89. The first-order chi connectivity index (χ1) is 10.3. The van der Waals surface area contributed by atoms with E-state index in [0.717, 1.165) is 49.2 Å². The Morgan fingerprint density at radius 2 is 2.33 bits per heavy atom. The van der Waals surface area contributed by atoms with Gasteiger partial charge < -0.3 is 14.4 Å². The van der Waals surface area contributed by atoms with Gasteiger partial charge in [0.1, 0.15) is 12.4 Å². The molecule has 0 radical (unpaired) electrons. The van der Waals surface area contributed by atoms with Crippen LogP contribution in [0.2, 0.25) is 0 Å². The van der Waals surface area contributed by atoms with Crippen molar-refractivity contribution in [3.8, 4) is 5.75 Å². The molecular formula is C17H22N2O2. The smallest absolute Gasteiger partial charge is 0.130 e. The molecule has 0 spiro atoms. The van der Waals surface area contributed by atoms with Crippen molar-refractivity contribution in [1.82, 2.24) is 9.55 Å². The molecule has 0 amide bonds. The SMILES string of the molecule is CCCn1cncc1COc1ccc2c(c1)[C@H](O)CCC2. The number of fused-ring (bicyclic) bond motifs is 1. The Labute approximate surface area is 125 Å². The summed E-state index contributed by atoms with van der Waals surface area (Å²) in [7, 11) is 0. The minimum Gasteiger partial charge on any atom is -0.487 e. The summed E-state index contributed by atoms with van der Waals surface area (Å²) >= 11 is 0. The van der Waals surface area contributed by atoms with Crippen LogP contribution in [-0.2, 0) is 19.6 Å². The van der Waals surface area contributed by atoms with Gasteiger partial charge in [0.05, 0.1) is 24.3 Å². The molecule has 1 aromatic carbocycles. The predicted molar refractivity (Wildman–Crippen MR) is 81.2 cm³/mol. The third kappa shape index (κ3) is 3.10. The van der Waals surface area contributed by atoms with Gasteiger partial charge in [-0.1, -0.05) is 13.0 Å². The molecule has 112 valence electrons. The highest BCUT2D eigenvalue weighted by Gasteiger charge is 2.18. The maximum Gasteiger partial charge on any atom is 0.130 e. The number of rotatable bonds is 5. The number of imidazole rings is 1. The van der Waals surface area contributed by atoms with Crippen molar-refractivity contribution in [3.63, 3.8) is 0 Å². The minimum atomic E-state index is -0.345. The van der Waals surface area contributed by atoms with E-state index in [4.69, 9.17) is 4.74 Å². The van der Waals surface area contributed by atoms with Crippen molar-refractivity contribution >= 4 is 0 Å². The summed E-state index contributed by atoms with van der Waals surface area (Å²) < 4.78 is 8.00. The zero-order valence-corrected chi connectivity index (χ0v) is 12.5. The van der Waals surface area contributed by atoms with Crippen LogP contribution in [0.3, 0.4) is 0 Å². The molecule has 1 aromatic heterocycles. The van der Waals surface area contributed by atoms with Crippen LogP contribution in [0.25, 0.3) is 0 Å². The van der Waals surface area contributed by atoms with Crippen LogP contribution in [0.15, 0.2) is 30.7 Å². The van der Waals surface area contributed by atoms with Crippen LogP contribution in [0.5, 0.6) is 5.75 Å². The molecule has 1 aliphatic carbocycles. The normalized spacial score (nSPS) is 17.5. The van der Waals surface area contributed by atoms with E-state index >= 15 is 0 Å². The standard InChI is InChI=1S/C17H22N2O2/c1-2-8-19-12-18-10-14(19)11-21-15-7-6-13-4-3-5-17(20)16(13)9-15/h6-7,9-10,12,17,20H,2-5,8,11H2,1H3/t17-/m1/s1. The topological polar surface area (TPSA) is 47.3 Å². The first-order valence-electron chi connectivity index (χ1n) is 7.70. The van der Waals surface area contributed by atoms with Gasteiger partial charge in [-0.2, -0.15) is 0 Å². The van der Waals surface area contributed by atoms with E-state index < -0.39 is 0 Å². The molecule has 0 bridgehead atoms. The molecule has 0 fully saturated rings. The molecule has 2 aromatic rings. The number of aliphatic hydroxyl groups excluding tert-OH is 1. The van der Waals surface area contributed by atoms with E-state index in [-0.39, 0.29) is 6.10 Å². The van der Waals surface area contributed by atoms with E-state index in [1.165, 1.54) is 5.56 Å². The summed E-state index contributed by atoms with van der Waals surface area (Å²) in [5.74, 6) is 0.818. The van der Waals surface area contributed by atoms with Crippen molar-refractivity contribution in [2.45, 2.75) is 51.9 Å². The Hall–Kier alpha value is -1.81. The Morgan fingerprint density at radius 1 is 1.43 bits per heavy atom. The molecule has 0 saturated heterocycles. The fourth-order valence-electron chi connectivity index (χ4n) is 2.91. The number of aliphatic hydroxyl groups is 1. The summed E-state index contributed by atoms with van der Waals surface area (Å²) in [4.78, 5) is 4.18. The third-order valence-electron chi connectivity index (χ3n) is 4.05. The average Bonchev–Trinajstić information content (AvgIpc) is 2.93. The number of ether oxygens (including phenoxy) is 1. The number of nitrogens with zero attached hydrogens (tertiary/aromatic N) is 2. The molecule has 0 saturated carbocycles. The second-order valence-electron chi connectivity index (χ2n) is 5.64. The Morgan fingerprint density at radius 3 is 3.19 bits per heavy atom. The van der Waals surface area contributed by atoms with Crippen molar-refractivity contribution in [1.29, 1.82) is 0 Å². The van der Waals surface area contributed by atoms with Gasteiger partial charge in [-0.05, 0) is 48.9 Å². The third-order valence-corrected chi connectivity index (χ3v) is 4.05. The van der Waals surface area contributed by atoms with Gasteiger partial charge >= 0.3 is 0 Å².